The summed E-state index contributed by atoms with van der Waals surface area (Å²) in [6.45, 7) is 4.47. The number of aromatic nitrogens is 3. The van der Waals surface area contributed by atoms with Gasteiger partial charge in [-0.15, -0.1) is 16.8 Å². The van der Waals surface area contributed by atoms with Crippen molar-refractivity contribution in [2.24, 2.45) is 0 Å². The molecule has 6 nitrogen and oxygen atoms in total. The van der Waals surface area contributed by atoms with E-state index in [1.807, 2.05) is 47.0 Å². The molecular formula is C21H23N3O3S. The van der Waals surface area contributed by atoms with Crippen LogP contribution in [0.5, 0.6) is 17.2 Å². The second-order valence-electron chi connectivity index (χ2n) is 5.95. The molecule has 0 saturated heterocycles. The van der Waals surface area contributed by atoms with Crippen molar-refractivity contribution >= 4 is 11.8 Å². The van der Waals surface area contributed by atoms with Crippen LogP contribution in [0.1, 0.15) is 5.56 Å². The van der Waals surface area contributed by atoms with Crippen molar-refractivity contribution in [1.82, 2.24) is 14.8 Å². The van der Waals surface area contributed by atoms with Gasteiger partial charge in [0.1, 0.15) is 17.2 Å². The van der Waals surface area contributed by atoms with Gasteiger partial charge in [0.15, 0.2) is 11.0 Å². The van der Waals surface area contributed by atoms with Crippen LogP contribution in [0.15, 0.2) is 60.3 Å². The van der Waals surface area contributed by atoms with Gasteiger partial charge in [0, 0.05) is 23.9 Å². The molecule has 0 atom stereocenters. The van der Waals surface area contributed by atoms with Gasteiger partial charge in [0.2, 0.25) is 0 Å². The quantitative estimate of drug-likeness (QED) is 0.393. The summed E-state index contributed by atoms with van der Waals surface area (Å²) >= 11 is 1.62. The van der Waals surface area contributed by atoms with Crippen LogP contribution >= 0.6 is 11.8 Å². The second kappa shape index (κ2) is 9.32. The van der Waals surface area contributed by atoms with E-state index in [1.54, 1.807) is 33.1 Å². The lowest BCUT2D eigenvalue weighted by molar-refractivity contribution is 0.394. The fraction of sp³-hybridized carbons (Fsp3) is 0.238. The third kappa shape index (κ3) is 4.48. The molecule has 0 amide bonds. The van der Waals surface area contributed by atoms with E-state index in [4.69, 9.17) is 14.2 Å². The molecular weight excluding hydrogens is 374 g/mol. The standard InChI is InChI=1S/C21H23N3O3S/c1-5-9-24-20(16-11-18(26-3)13-19(12-16)27-4)22-23-21(24)28-14-15-7-6-8-17(10-15)25-2/h5-8,10-13H,1,9,14H2,2-4H3. The van der Waals surface area contributed by atoms with Gasteiger partial charge in [-0.1, -0.05) is 30.0 Å². The van der Waals surface area contributed by atoms with Crippen LogP contribution in [0.2, 0.25) is 0 Å². The Morgan fingerprint density at radius 3 is 2.32 bits per heavy atom. The molecule has 3 aromatic rings. The first-order valence-electron chi connectivity index (χ1n) is 8.71. The zero-order valence-electron chi connectivity index (χ0n) is 16.2. The largest absolute Gasteiger partial charge is 0.497 e. The molecule has 3 rings (SSSR count). The van der Waals surface area contributed by atoms with Gasteiger partial charge >= 0.3 is 0 Å². The molecule has 1 aromatic heterocycles. The number of rotatable bonds is 9. The summed E-state index contributed by atoms with van der Waals surface area (Å²) in [5.74, 6) is 3.75. The molecule has 1 heterocycles. The van der Waals surface area contributed by atoms with Gasteiger partial charge in [0.05, 0.1) is 21.3 Å². The SMILES string of the molecule is C=CCn1c(SCc2cccc(OC)c2)nnc1-c1cc(OC)cc(OC)c1. The van der Waals surface area contributed by atoms with Crippen molar-refractivity contribution in [3.05, 3.63) is 60.7 Å². The number of methoxy groups -OCH3 is 3. The molecule has 28 heavy (non-hydrogen) atoms. The number of benzene rings is 2. The van der Waals surface area contributed by atoms with Crippen molar-refractivity contribution in [2.45, 2.75) is 17.5 Å². The Labute approximate surface area is 169 Å². The van der Waals surface area contributed by atoms with Crippen LogP contribution in [0.4, 0.5) is 0 Å². The molecule has 0 spiro atoms. The van der Waals surface area contributed by atoms with Crippen LogP contribution in [0.25, 0.3) is 11.4 Å². The minimum absolute atomic E-state index is 0.600. The molecule has 0 saturated carbocycles. The second-order valence-corrected chi connectivity index (χ2v) is 6.89. The monoisotopic (exact) mass is 397 g/mol. The van der Waals surface area contributed by atoms with E-state index >= 15 is 0 Å². The number of hydrogen-bond acceptors (Lipinski definition) is 6. The van der Waals surface area contributed by atoms with Crippen molar-refractivity contribution in [1.29, 1.82) is 0 Å². The van der Waals surface area contributed by atoms with E-state index in [1.165, 1.54) is 0 Å². The molecule has 0 aliphatic carbocycles. The third-order valence-corrected chi connectivity index (χ3v) is 5.18. The number of nitrogens with zero attached hydrogens (tertiary/aromatic N) is 3. The molecule has 0 radical (unpaired) electrons. The lowest BCUT2D eigenvalue weighted by Crippen LogP contribution is -2.01. The Morgan fingerprint density at radius 2 is 1.68 bits per heavy atom. The van der Waals surface area contributed by atoms with E-state index in [0.717, 1.165) is 33.6 Å². The zero-order valence-corrected chi connectivity index (χ0v) is 17.0. The summed E-state index contributed by atoms with van der Waals surface area (Å²) in [4.78, 5) is 0. The van der Waals surface area contributed by atoms with E-state index in [9.17, 15) is 0 Å². The predicted octanol–water partition coefficient (Wildman–Crippen LogP) is 4.45. The smallest absolute Gasteiger partial charge is 0.192 e. The molecule has 0 aliphatic rings. The highest BCUT2D eigenvalue weighted by molar-refractivity contribution is 7.98. The predicted molar refractivity (Wildman–Crippen MR) is 111 cm³/mol. The Balaban J connectivity index is 1.90. The average Bonchev–Trinajstić information content (AvgIpc) is 3.14. The normalized spacial score (nSPS) is 10.5. The lowest BCUT2D eigenvalue weighted by Gasteiger charge is -2.11. The summed E-state index contributed by atoms with van der Waals surface area (Å²) < 4.78 is 18.1. The van der Waals surface area contributed by atoms with Gasteiger partial charge in [-0.05, 0) is 29.8 Å². The van der Waals surface area contributed by atoms with Crippen molar-refractivity contribution in [3.63, 3.8) is 0 Å². The minimum Gasteiger partial charge on any atom is -0.497 e. The van der Waals surface area contributed by atoms with Gasteiger partial charge < -0.3 is 14.2 Å². The molecule has 0 bridgehead atoms. The number of thioether (sulfide) groups is 1. The number of ether oxygens (including phenoxy) is 3. The minimum atomic E-state index is 0.600. The fourth-order valence-corrected chi connectivity index (χ4v) is 3.64. The molecule has 0 unspecified atom stereocenters. The van der Waals surface area contributed by atoms with Crippen molar-refractivity contribution in [2.75, 3.05) is 21.3 Å². The summed E-state index contributed by atoms with van der Waals surface area (Å²) in [7, 11) is 4.92. The van der Waals surface area contributed by atoms with Gasteiger partial charge in [-0.3, -0.25) is 4.57 Å². The number of allylic oxidation sites excluding steroid dienone is 1. The molecule has 0 N–H and O–H groups in total. The molecule has 0 aliphatic heterocycles. The van der Waals surface area contributed by atoms with Gasteiger partial charge in [0.25, 0.3) is 0 Å². The molecule has 146 valence electrons. The average molecular weight is 398 g/mol. The molecule has 7 heteroatoms. The van der Waals surface area contributed by atoms with E-state index in [2.05, 4.69) is 22.8 Å². The van der Waals surface area contributed by atoms with E-state index in [-0.39, 0.29) is 0 Å². The highest BCUT2D eigenvalue weighted by Crippen LogP contribution is 2.32. The first kappa shape index (κ1) is 19.8. The van der Waals surface area contributed by atoms with Crippen LogP contribution in [0, 0.1) is 0 Å². The fourth-order valence-electron chi connectivity index (χ4n) is 2.75. The van der Waals surface area contributed by atoms with E-state index in [0.29, 0.717) is 18.0 Å². The lowest BCUT2D eigenvalue weighted by atomic mass is 10.2. The Hall–Kier alpha value is -2.93. The first-order chi connectivity index (χ1) is 13.7. The van der Waals surface area contributed by atoms with Crippen LogP contribution in [-0.4, -0.2) is 36.1 Å². The summed E-state index contributed by atoms with van der Waals surface area (Å²) in [5.41, 5.74) is 2.03. The zero-order chi connectivity index (χ0) is 19.9. The summed E-state index contributed by atoms with van der Waals surface area (Å²) in [5, 5.41) is 9.62. The first-order valence-corrected chi connectivity index (χ1v) is 9.70. The summed E-state index contributed by atoms with van der Waals surface area (Å²) in [6, 6.07) is 13.7. The Bertz CT molecular complexity index is 934. The molecule has 2 aromatic carbocycles. The molecule has 0 fully saturated rings. The van der Waals surface area contributed by atoms with Crippen molar-refractivity contribution in [3.8, 4) is 28.6 Å². The van der Waals surface area contributed by atoms with Crippen molar-refractivity contribution < 1.29 is 14.2 Å². The van der Waals surface area contributed by atoms with Crippen LogP contribution in [-0.2, 0) is 12.3 Å². The number of hydrogen-bond donors (Lipinski definition) is 0. The van der Waals surface area contributed by atoms with Crippen LogP contribution < -0.4 is 14.2 Å². The highest BCUT2D eigenvalue weighted by atomic mass is 32.2. The highest BCUT2D eigenvalue weighted by Gasteiger charge is 2.15. The summed E-state index contributed by atoms with van der Waals surface area (Å²) in [6.07, 6.45) is 1.83. The maximum atomic E-state index is 5.38. The maximum absolute atomic E-state index is 5.38. The van der Waals surface area contributed by atoms with E-state index < -0.39 is 0 Å². The topological polar surface area (TPSA) is 58.4 Å². The maximum Gasteiger partial charge on any atom is 0.192 e. The van der Waals surface area contributed by atoms with Gasteiger partial charge in [-0.2, -0.15) is 0 Å². The Morgan fingerprint density at radius 1 is 0.964 bits per heavy atom. The Kier molecular flexibility index (Phi) is 6.60. The van der Waals surface area contributed by atoms with Crippen LogP contribution in [0.3, 0.4) is 0 Å². The van der Waals surface area contributed by atoms with Gasteiger partial charge in [-0.25, -0.2) is 0 Å². The third-order valence-electron chi connectivity index (χ3n) is 4.14.